The predicted molar refractivity (Wildman–Crippen MR) is 100 cm³/mol. The first-order valence-corrected chi connectivity index (χ1v) is 9.68. The molecular formula is C19H24N2O4S. The first-order valence-electron chi connectivity index (χ1n) is 8.24. The molecular weight excluding hydrogens is 352 g/mol. The minimum absolute atomic E-state index is 0.127. The standard InChI is InChI=1S/C19H24N2O4S/c1-21(2)26(23,24)18-7-5-4-6-16(18)14-20-19(22)13-10-15-8-11-17(25-3)12-9-15/h4-9,11-12H,10,13-14H2,1-3H3,(H,20,22). The van der Waals surface area contributed by atoms with Gasteiger partial charge in [-0.15, -0.1) is 0 Å². The summed E-state index contributed by atoms with van der Waals surface area (Å²) in [5, 5.41) is 2.80. The normalized spacial score (nSPS) is 11.4. The number of nitrogens with zero attached hydrogens (tertiary/aromatic N) is 1. The SMILES string of the molecule is COc1ccc(CCC(=O)NCc2ccccc2S(=O)(=O)N(C)C)cc1. The highest BCUT2D eigenvalue weighted by molar-refractivity contribution is 7.89. The molecule has 0 bridgehead atoms. The summed E-state index contributed by atoms with van der Waals surface area (Å²) in [5.74, 6) is 0.648. The Morgan fingerprint density at radius 3 is 2.35 bits per heavy atom. The van der Waals surface area contributed by atoms with Crippen molar-refractivity contribution >= 4 is 15.9 Å². The second-order valence-electron chi connectivity index (χ2n) is 6.02. The number of aryl methyl sites for hydroxylation is 1. The van der Waals surface area contributed by atoms with E-state index in [1.807, 2.05) is 24.3 Å². The number of sulfonamides is 1. The van der Waals surface area contributed by atoms with E-state index in [9.17, 15) is 13.2 Å². The van der Waals surface area contributed by atoms with E-state index in [2.05, 4.69) is 5.32 Å². The van der Waals surface area contributed by atoms with Crippen molar-refractivity contribution in [3.63, 3.8) is 0 Å². The number of nitrogens with one attached hydrogen (secondary N) is 1. The molecule has 0 aliphatic rings. The van der Waals surface area contributed by atoms with Crippen LogP contribution in [0.4, 0.5) is 0 Å². The van der Waals surface area contributed by atoms with Crippen LogP contribution in [0.1, 0.15) is 17.5 Å². The number of ether oxygens (including phenoxy) is 1. The topological polar surface area (TPSA) is 75.7 Å². The third kappa shape index (κ3) is 5.06. The average Bonchev–Trinajstić information content (AvgIpc) is 2.65. The van der Waals surface area contributed by atoms with Gasteiger partial charge in [0.15, 0.2) is 0 Å². The number of hydrogen-bond acceptors (Lipinski definition) is 4. The van der Waals surface area contributed by atoms with Crippen LogP contribution in [0.5, 0.6) is 5.75 Å². The van der Waals surface area contributed by atoms with Crippen molar-refractivity contribution < 1.29 is 17.9 Å². The summed E-state index contributed by atoms with van der Waals surface area (Å²) in [5.41, 5.74) is 1.61. The first-order chi connectivity index (χ1) is 12.3. The van der Waals surface area contributed by atoms with E-state index in [1.54, 1.807) is 31.4 Å². The van der Waals surface area contributed by atoms with Crippen LogP contribution in [0.2, 0.25) is 0 Å². The fourth-order valence-corrected chi connectivity index (χ4v) is 3.55. The van der Waals surface area contributed by atoms with Crippen LogP contribution in [-0.2, 0) is 27.8 Å². The predicted octanol–water partition coefficient (Wildman–Crippen LogP) is 2.19. The Morgan fingerprint density at radius 2 is 1.73 bits per heavy atom. The van der Waals surface area contributed by atoms with Crippen molar-refractivity contribution in [1.82, 2.24) is 9.62 Å². The van der Waals surface area contributed by atoms with Crippen LogP contribution in [0.3, 0.4) is 0 Å². The lowest BCUT2D eigenvalue weighted by molar-refractivity contribution is -0.121. The Hall–Kier alpha value is -2.38. The molecule has 1 N–H and O–H groups in total. The monoisotopic (exact) mass is 376 g/mol. The number of carbonyl (C=O) groups is 1. The highest BCUT2D eigenvalue weighted by Gasteiger charge is 2.20. The minimum atomic E-state index is -3.55. The number of benzene rings is 2. The third-order valence-electron chi connectivity index (χ3n) is 4.01. The maximum absolute atomic E-state index is 12.4. The summed E-state index contributed by atoms with van der Waals surface area (Å²) < 4.78 is 31.0. The summed E-state index contributed by atoms with van der Waals surface area (Å²) in [6, 6.07) is 14.2. The molecule has 0 spiro atoms. The molecule has 2 aromatic rings. The zero-order chi connectivity index (χ0) is 19.2. The molecule has 140 valence electrons. The van der Waals surface area contributed by atoms with Crippen molar-refractivity contribution in [2.75, 3.05) is 21.2 Å². The van der Waals surface area contributed by atoms with E-state index >= 15 is 0 Å². The summed E-state index contributed by atoms with van der Waals surface area (Å²) >= 11 is 0. The quantitative estimate of drug-likeness (QED) is 0.766. The van der Waals surface area contributed by atoms with Crippen molar-refractivity contribution in [1.29, 1.82) is 0 Å². The van der Waals surface area contributed by atoms with Crippen LogP contribution < -0.4 is 10.1 Å². The van der Waals surface area contributed by atoms with Gasteiger partial charge in [-0.3, -0.25) is 4.79 Å². The van der Waals surface area contributed by atoms with Gasteiger partial charge in [-0.1, -0.05) is 30.3 Å². The molecule has 0 heterocycles. The molecule has 0 radical (unpaired) electrons. The zero-order valence-corrected chi connectivity index (χ0v) is 16.0. The maximum atomic E-state index is 12.4. The fraction of sp³-hybridized carbons (Fsp3) is 0.316. The van der Waals surface area contributed by atoms with E-state index in [1.165, 1.54) is 14.1 Å². The van der Waals surface area contributed by atoms with Gasteiger partial charge in [0.1, 0.15) is 5.75 Å². The van der Waals surface area contributed by atoms with E-state index < -0.39 is 10.0 Å². The van der Waals surface area contributed by atoms with Gasteiger partial charge in [-0.2, -0.15) is 0 Å². The number of carbonyl (C=O) groups excluding carboxylic acids is 1. The van der Waals surface area contributed by atoms with Crippen LogP contribution >= 0.6 is 0 Å². The molecule has 2 rings (SSSR count). The highest BCUT2D eigenvalue weighted by Crippen LogP contribution is 2.18. The molecule has 0 saturated carbocycles. The van der Waals surface area contributed by atoms with Gasteiger partial charge in [-0.25, -0.2) is 12.7 Å². The Balaban J connectivity index is 1.95. The molecule has 0 atom stereocenters. The molecule has 0 aliphatic carbocycles. The van der Waals surface area contributed by atoms with Gasteiger partial charge in [-0.05, 0) is 35.7 Å². The van der Waals surface area contributed by atoms with Crippen molar-refractivity contribution in [3.8, 4) is 5.75 Å². The van der Waals surface area contributed by atoms with Crippen LogP contribution in [0, 0.1) is 0 Å². The van der Waals surface area contributed by atoms with Crippen molar-refractivity contribution in [2.45, 2.75) is 24.3 Å². The van der Waals surface area contributed by atoms with Crippen LogP contribution in [-0.4, -0.2) is 39.8 Å². The van der Waals surface area contributed by atoms with E-state index in [-0.39, 0.29) is 17.3 Å². The zero-order valence-electron chi connectivity index (χ0n) is 15.2. The molecule has 0 aliphatic heterocycles. The van der Waals surface area contributed by atoms with Gasteiger partial charge >= 0.3 is 0 Å². The number of methoxy groups -OCH3 is 1. The van der Waals surface area contributed by atoms with Gasteiger partial charge in [0.2, 0.25) is 15.9 Å². The van der Waals surface area contributed by atoms with E-state index in [0.29, 0.717) is 18.4 Å². The van der Waals surface area contributed by atoms with Crippen molar-refractivity contribution in [3.05, 3.63) is 59.7 Å². The highest BCUT2D eigenvalue weighted by atomic mass is 32.2. The molecule has 0 fully saturated rings. The Labute approximate surface area is 154 Å². The second kappa shape index (κ2) is 8.82. The molecule has 0 unspecified atom stereocenters. The summed E-state index contributed by atoms with van der Waals surface area (Å²) in [6.45, 7) is 0.171. The molecule has 26 heavy (non-hydrogen) atoms. The summed E-state index contributed by atoms with van der Waals surface area (Å²) in [7, 11) is 1.03. The Kier molecular flexibility index (Phi) is 6.76. The van der Waals surface area contributed by atoms with E-state index in [0.717, 1.165) is 15.6 Å². The Bertz CT molecular complexity index is 846. The first kappa shape index (κ1) is 19.9. The lowest BCUT2D eigenvalue weighted by atomic mass is 10.1. The number of amides is 1. The lowest BCUT2D eigenvalue weighted by Gasteiger charge is -2.15. The summed E-state index contributed by atoms with van der Waals surface area (Å²) in [4.78, 5) is 12.3. The lowest BCUT2D eigenvalue weighted by Crippen LogP contribution is -2.27. The largest absolute Gasteiger partial charge is 0.497 e. The smallest absolute Gasteiger partial charge is 0.242 e. The van der Waals surface area contributed by atoms with Crippen LogP contribution in [0.25, 0.3) is 0 Å². The van der Waals surface area contributed by atoms with Gasteiger partial charge in [0.05, 0.1) is 12.0 Å². The molecule has 6 nitrogen and oxygen atoms in total. The van der Waals surface area contributed by atoms with Gasteiger partial charge < -0.3 is 10.1 Å². The van der Waals surface area contributed by atoms with Gasteiger partial charge in [0, 0.05) is 27.1 Å². The third-order valence-corrected chi connectivity index (χ3v) is 5.92. The fourth-order valence-electron chi connectivity index (χ4n) is 2.43. The molecule has 0 saturated heterocycles. The molecule has 1 amide bonds. The minimum Gasteiger partial charge on any atom is -0.497 e. The van der Waals surface area contributed by atoms with Crippen LogP contribution in [0.15, 0.2) is 53.4 Å². The molecule has 2 aromatic carbocycles. The number of rotatable bonds is 8. The second-order valence-corrected chi connectivity index (χ2v) is 8.14. The van der Waals surface area contributed by atoms with Gasteiger partial charge in [0.25, 0.3) is 0 Å². The maximum Gasteiger partial charge on any atom is 0.242 e. The van der Waals surface area contributed by atoms with E-state index in [4.69, 9.17) is 4.74 Å². The molecule has 0 aromatic heterocycles. The average molecular weight is 376 g/mol. The van der Waals surface area contributed by atoms with Crippen molar-refractivity contribution in [2.24, 2.45) is 0 Å². The molecule has 7 heteroatoms. The Morgan fingerprint density at radius 1 is 1.08 bits per heavy atom. The number of hydrogen-bond donors (Lipinski definition) is 1. The summed E-state index contributed by atoms with van der Waals surface area (Å²) in [6.07, 6.45) is 0.933.